The van der Waals surface area contributed by atoms with Gasteiger partial charge in [-0.05, 0) is 48.0 Å². The summed E-state index contributed by atoms with van der Waals surface area (Å²) in [6.45, 7) is 6.14. The molecule has 0 saturated heterocycles. The van der Waals surface area contributed by atoms with Crippen LogP contribution in [0.3, 0.4) is 0 Å². The Morgan fingerprint density at radius 1 is 0.763 bits per heavy atom. The second-order valence-corrected chi connectivity index (χ2v) is 15.1. The number of H-pyrrole nitrogens is 1. The molecule has 1 aromatic heterocycles. The lowest BCUT2D eigenvalue weighted by Crippen LogP contribution is -2.55. The number of fused-ring (bicyclic) bond motifs is 1. The summed E-state index contributed by atoms with van der Waals surface area (Å²) in [5, 5.41) is 4.99. The van der Waals surface area contributed by atoms with Crippen molar-refractivity contribution in [3.05, 3.63) is 144 Å². The summed E-state index contributed by atoms with van der Waals surface area (Å²) in [7, 11) is -2.15. The van der Waals surface area contributed by atoms with Gasteiger partial charge >= 0.3 is 5.97 Å². The van der Waals surface area contributed by atoms with Gasteiger partial charge in [-0.1, -0.05) is 109 Å². The quantitative estimate of drug-likeness (QED) is 0.163. The first-order valence-corrected chi connectivity index (χ1v) is 16.5. The molecule has 0 aliphatic heterocycles. The van der Waals surface area contributed by atoms with Crippen LogP contribution in [0, 0.1) is 0 Å². The fourth-order valence-electron chi connectivity index (χ4n) is 5.16. The van der Waals surface area contributed by atoms with Crippen molar-refractivity contribution in [3.8, 4) is 0 Å². The first-order chi connectivity index (χ1) is 18.4. The number of aromatic nitrogens is 1. The Balaban J connectivity index is 1.69. The van der Waals surface area contributed by atoms with Crippen molar-refractivity contribution in [2.45, 2.75) is 37.6 Å². The molecule has 2 N–H and O–H groups in total. The highest BCUT2D eigenvalue weighted by Crippen LogP contribution is 2.38. The zero-order valence-electron chi connectivity index (χ0n) is 22.1. The van der Waals surface area contributed by atoms with Crippen molar-refractivity contribution in [3.63, 3.8) is 0 Å². The van der Waals surface area contributed by atoms with Crippen LogP contribution in [0.4, 0.5) is 0 Å². The molecule has 0 bridgehead atoms. The van der Waals surface area contributed by atoms with Crippen LogP contribution in [-0.2, 0) is 21.2 Å². The molecule has 192 valence electrons. The van der Waals surface area contributed by atoms with Gasteiger partial charge in [-0.15, -0.1) is 0 Å². The lowest BCUT2D eigenvalue weighted by atomic mass is 9.76. The minimum absolute atomic E-state index is 0.221. The Kier molecular flexibility index (Phi) is 7.32. The maximum atomic E-state index is 13.9. The van der Waals surface area contributed by atoms with Gasteiger partial charge in [0, 0.05) is 23.5 Å². The average Bonchev–Trinajstić information content (AvgIpc) is 3.34. The van der Waals surface area contributed by atoms with Gasteiger partial charge in [-0.25, -0.2) is 0 Å². The van der Waals surface area contributed by atoms with Crippen LogP contribution in [0.2, 0.25) is 19.6 Å². The predicted molar refractivity (Wildman–Crippen MR) is 158 cm³/mol. The number of benzene rings is 4. The summed E-state index contributed by atoms with van der Waals surface area (Å²) >= 11 is 0. The van der Waals surface area contributed by atoms with Gasteiger partial charge in [0.05, 0.1) is 5.54 Å². The van der Waals surface area contributed by atoms with E-state index in [4.69, 9.17) is 4.43 Å². The molecule has 5 aromatic rings. The third kappa shape index (κ3) is 5.35. The molecular weight excluding hydrogens is 484 g/mol. The molecule has 0 fully saturated rings. The van der Waals surface area contributed by atoms with Gasteiger partial charge in [0.25, 0.3) is 0 Å². The van der Waals surface area contributed by atoms with E-state index in [1.807, 2.05) is 92.6 Å². The molecule has 5 heteroatoms. The van der Waals surface area contributed by atoms with Gasteiger partial charge in [-0.2, -0.15) is 0 Å². The smallest absolute Gasteiger partial charge is 0.310 e. The highest BCUT2D eigenvalue weighted by Gasteiger charge is 2.41. The van der Waals surface area contributed by atoms with Crippen molar-refractivity contribution in [2.75, 3.05) is 0 Å². The molecule has 4 aromatic carbocycles. The molecular formula is C33H34N2O2Si. The van der Waals surface area contributed by atoms with Crippen LogP contribution in [0.5, 0.6) is 0 Å². The highest BCUT2D eigenvalue weighted by atomic mass is 28.4. The fraction of sp³-hybridized carbons (Fsp3) is 0.182. The molecule has 0 unspecified atom stereocenters. The molecule has 0 radical (unpaired) electrons. The van der Waals surface area contributed by atoms with E-state index in [-0.39, 0.29) is 5.97 Å². The third-order valence-corrected chi connectivity index (χ3v) is 7.61. The molecule has 4 nitrogen and oxygen atoms in total. The topological polar surface area (TPSA) is 54.1 Å². The van der Waals surface area contributed by atoms with E-state index < -0.39 is 19.9 Å². The summed E-state index contributed by atoms with van der Waals surface area (Å²) in [6, 6.07) is 38.7. The molecule has 0 spiro atoms. The summed E-state index contributed by atoms with van der Waals surface area (Å²) in [5.41, 5.74) is 4.53. The van der Waals surface area contributed by atoms with Crippen LogP contribution in [0.1, 0.15) is 22.3 Å². The Labute approximate surface area is 225 Å². The largest absolute Gasteiger partial charge is 0.519 e. The number of hydrogen-bond donors (Lipinski definition) is 2. The Bertz CT molecular complexity index is 1400. The third-order valence-electron chi connectivity index (χ3n) is 6.80. The highest BCUT2D eigenvalue weighted by molar-refractivity contribution is 6.71. The molecule has 38 heavy (non-hydrogen) atoms. The summed E-state index contributed by atoms with van der Waals surface area (Å²) in [6.07, 6.45) is 2.50. The maximum absolute atomic E-state index is 13.9. The Hall–Kier alpha value is -3.93. The SMILES string of the molecule is C[Si](C)(C)OC(=O)[C@@H](Cc1c[nH]c2ccccc12)NC(c1ccccc1)(c1ccccc1)c1ccccc1. The van der Waals surface area contributed by atoms with Gasteiger partial charge < -0.3 is 9.41 Å². The standard InChI is InChI=1S/C33H34N2O2Si/c1-38(2,3)37-32(36)31(23-25-24-34-30-22-14-13-21-29(25)30)35-33(26-15-7-4-8-16-26,27-17-9-5-10-18-27)28-19-11-6-12-20-28/h4-22,24,31,34-35H,23H2,1-3H3/t31-/m1/s1. The van der Waals surface area contributed by atoms with Crippen LogP contribution >= 0.6 is 0 Å². The van der Waals surface area contributed by atoms with Gasteiger partial charge in [-0.3, -0.25) is 10.1 Å². The second kappa shape index (κ2) is 10.8. The van der Waals surface area contributed by atoms with Crippen molar-refractivity contribution < 1.29 is 9.22 Å². The van der Waals surface area contributed by atoms with Gasteiger partial charge in [0.15, 0.2) is 0 Å². The van der Waals surface area contributed by atoms with Crippen LogP contribution < -0.4 is 5.32 Å². The average molecular weight is 519 g/mol. The van der Waals surface area contributed by atoms with Crippen molar-refractivity contribution >= 4 is 25.2 Å². The number of para-hydroxylation sites is 1. The molecule has 0 aliphatic carbocycles. The molecule has 0 saturated carbocycles. The molecule has 1 heterocycles. The number of carbonyl (C=O) groups is 1. The molecule has 5 rings (SSSR count). The van der Waals surface area contributed by atoms with Crippen molar-refractivity contribution in [1.29, 1.82) is 0 Å². The van der Waals surface area contributed by atoms with Gasteiger partial charge in [0.2, 0.25) is 8.32 Å². The first kappa shape index (κ1) is 25.7. The zero-order valence-corrected chi connectivity index (χ0v) is 23.1. The summed E-state index contributed by atoms with van der Waals surface area (Å²) in [4.78, 5) is 17.3. The lowest BCUT2D eigenvalue weighted by molar-refractivity contribution is -0.137. The maximum Gasteiger partial charge on any atom is 0.310 e. The van der Waals surface area contributed by atoms with Crippen LogP contribution in [0.25, 0.3) is 10.9 Å². The normalized spacial score (nSPS) is 12.8. The Morgan fingerprint density at radius 3 is 1.74 bits per heavy atom. The zero-order chi connectivity index (χ0) is 26.6. The fourth-order valence-corrected chi connectivity index (χ4v) is 5.91. The van der Waals surface area contributed by atoms with E-state index in [2.05, 4.69) is 58.8 Å². The lowest BCUT2D eigenvalue weighted by Gasteiger charge is -2.40. The predicted octanol–water partition coefficient (Wildman–Crippen LogP) is 7.04. The minimum atomic E-state index is -2.15. The van der Waals surface area contributed by atoms with E-state index >= 15 is 0 Å². The number of aromatic amines is 1. The van der Waals surface area contributed by atoms with Crippen LogP contribution in [0.15, 0.2) is 121 Å². The van der Waals surface area contributed by atoms with E-state index in [1.165, 1.54) is 0 Å². The minimum Gasteiger partial charge on any atom is -0.519 e. The summed E-state index contributed by atoms with van der Waals surface area (Å²) < 4.78 is 6.14. The van der Waals surface area contributed by atoms with Crippen LogP contribution in [-0.4, -0.2) is 25.3 Å². The van der Waals surface area contributed by atoms with E-state index in [9.17, 15) is 4.79 Å². The first-order valence-electron chi connectivity index (χ1n) is 13.1. The number of hydrogen-bond acceptors (Lipinski definition) is 3. The second-order valence-electron chi connectivity index (χ2n) is 10.6. The molecule has 0 aliphatic rings. The number of nitrogens with one attached hydrogen (secondary N) is 2. The Morgan fingerprint density at radius 2 is 1.24 bits per heavy atom. The summed E-state index contributed by atoms with van der Waals surface area (Å²) in [5.74, 6) is -0.221. The monoisotopic (exact) mass is 518 g/mol. The van der Waals surface area contributed by atoms with Gasteiger partial charge in [0.1, 0.15) is 6.04 Å². The molecule has 1 atom stereocenters. The van der Waals surface area contributed by atoms with E-state index in [0.717, 1.165) is 33.2 Å². The van der Waals surface area contributed by atoms with E-state index in [1.54, 1.807) is 0 Å². The van der Waals surface area contributed by atoms with Crippen molar-refractivity contribution in [1.82, 2.24) is 10.3 Å². The number of carbonyl (C=O) groups excluding carboxylic acids is 1. The molecule has 0 amide bonds. The number of rotatable bonds is 9. The van der Waals surface area contributed by atoms with Crippen molar-refractivity contribution in [2.24, 2.45) is 0 Å². The van der Waals surface area contributed by atoms with E-state index in [0.29, 0.717) is 6.42 Å².